The average molecular weight is 690 g/mol. The maximum atomic E-state index is 14.2. The zero-order valence-electron chi connectivity index (χ0n) is 27.1. The highest BCUT2D eigenvalue weighted by Gasteiger charge is 2.39. The monoisotopic (exact) mass is 689 g/mol. The second kappa shape index (κ2) is 14.2. The van der Waals surface area contributed by atoms with Crippen LogP contribution in [0.3, 0.4) is 0 Å². The summed E-state index contributed by atoms with van der Waals surface area (Å²) in [6.07, 6.45) is 0. The Morgan fingerprint density at radius 3 is 2.17 bits per heavy atom. The first-order chi connectivity index (χ1) is 23.2. The number of thioether (sulfide) groups is 1. The maximum Gasteiger partial charge on any atom is 0.242 e. The normalized spacial score (nSPS) is 16.3. The Morgan fingerprint density at radius 2 is 1.54 bits per heavy atom. The highest BCUT2D eigenvalue weighted by atomic mass is 35.5. The number of benzene rings is 3. The topological polar surface area (TPSA) is 106 Å². The quantitative estimate of drug-likeness (QED) is 0.252. The van der Waals surface area contributed by atoms with Crippen molar-refractivity contribution in [1.82, 2.24) is 19.6 Å². The van der Waals surface area contributed by atoms with E-state index in [0.29, 0.717) is 65.6 Å². The lowest BCUT2D eigenvalue weighted by atomic mass is 9.99. The summed E-state index contributed by atoms with van der Waals surface area (Å²) >= 11 is 7.76. The Kier molecular flexibility index (Phi) is 9.83. The van der Waals surface area contributed by atoms with Gasteiger partial charge in [-0.1, -0.05) is 29.8 Å². The number of hydrogen-bond donors (Lipinski definition) is 0. The van der Waals surface area contributed by atoms with Gasteiger partial charge in [0.1, 0.15) is 18.1 Å². The van der Waals surface area contributed by atoms with Gasteiger partial charge in [0.15, 0.2) is 11.5 Å². The summed E-state index contributed by atoms with van der Waals surface area (Å²) in [5.41, 5.74) is 3.78. The molecular weight excluding hydrogens is 654 g/mol. The molecule has 0 N–H and O–H groups in total. The van der Waals surface area contributed by atoms with Crippen LogP contribution in [-0.2, 0) is 14.4 Å². The van der Waals surface area contributed by atoms with Gasteiger partial charge in [-0.2, -0.15) is 5.10 Å². The number of carbonyl (C=O) groups is 3. The molecule has 0 radical (unpaired) electrons. The molecule has 4 aromatic rings. The van der Waals surface area contributed by atoms with Crippen molar-refractivity contribution in [3.63, 3.8) is 0 Å². The fraction of sp³-hybridized carbons (Fsp3) is 0.314. The van der Waals surface area contributed by atoms with Crippen molar-refractivity contribution in [2.75, 3.05) is 64.7 Å². The van der Waals surface area contributed by atoms with Gasteiger partial charge >= 0.3 is 0 Å². The first-order valence-corrected chi connectivity index (χ1v) is 16.9. The van der Waals surface area contributed by atoms with Crippen LogP contribution in [0.15, 0.2) is 66.7 Å². The summed E-state index contributed by atoms with van der Waals surface area (Å²) in [5.74, 6) is 1.96. The number of hydrogen-bond acceptors (Lipinski definition) is 8. The molecule has 250 valence electrons. The minimum atomic E-state index is -0.374. The van der Waals surface area contributed by atoms with Gasteiger partial charge in [-0.15, -0.1) is 11.8 Å². The molecule has 1 aromatic heterocycles. The highest BCUT2D eigenvalue weighted by molar-refractivity contribution is 8.00. The lowest BCUT2D eigenvalue weighted by Gasteiger charge is -2.35. The molecule has 0 unspecified atom stereocenters. The van der Waals surface area contributed by atoms with Crippen LogP contribution in [0.4, 0.5) is 5.82 Å². The summed E-state index contributed by atoms with van der Waals surface area (Å²) in [7, 11) is 4.77. The number of methoxy groups -OCH3 is 3. The summed E-state index contributed by atoms with van der Waals surface area (Å²) in [6.45, 7) is 3.02. The van der Waals surface area contributed by atoms with Gasteiger partial charge in [0.2, 0.25) is 17.7 Å². The van der Waals surface area contributed by atoms with Gasteiger partial charge in [0.05, 0.1) is 43.7 Å². The van der Waals surface area contributed by atoms with Crippen LogP contribution in [0.2, 0.25) is 5.02 Å². The van der Waals surface area contributed by atoms with Crippen molar-refractivity contribution in [2.24, 2.45) is 0 Å². The lowest BCUT2D eigenvalue weighted by molar-refractivity contribution is -0.137. The fourth-order valence-corrected chi connectivity index (χ4v) is 7.34. The number of piperazine rings is 1. The SMILES string of the molecule is COc1ccc(-n2nc(-c3ccc(Cl)cc3)c3c2N(CC(=O)N2CCN(C(C)=O)CC2)C(=O)CS[C@@H]3c2ccc(OC)c(OC)c2)cc1. The summed E-state index contributed by atoms with van der Waals surface area (Å²) in [4.78, 5) is 45.0. The van der Waals surface area contributed by atoms with E-state index in [2.05, 4.69) is 0 Å². The third-order valence-electron chi connectivity index (χ3n) is 8.61. The Morgan fingerprint density at radius 1 is 0.875 bits per heavy atom. The molecule has 1 atom stereocenters. The average Bonchev–Trinajstić information content (AvgIpc) is 3.44. The van der Waals surface area contributed by atoms with Gasteiger partial charge in [-0.3, -0.25) is 19.3 Å². The Balaban J connectivity index is 1.54. The van der Waals surface area contributed by atoms with Crippen molar-refractivity contribution in [2.45, 2.75) is 12.2 Å². The molecule has 2 aliphatic rings. The summed E-state index contributed by atoms with van der Waals surface area (Å²) in [6, 6.07) is 20.5. The van der Waals surface area contributed by atoms with E-state index in [1.54, 1.807) is 52.8 Å². The van der Waals surface area contributed by atoms with Crippen LogP contribution in [0.1, 0.15) is 23.3 Å². The van der Waals surface area contributed by atoms with Crippen LogP contribution in [0.5, 0.6) is 17.2 Å². The third-order valence-corrected chi connectivity index (χ3v) is 10.1. The van der Waals surface area contributed by atoms with Crippen LogP contribution in [-0.4, -0.2) is 97.1 Å². The van der Waals surface area contributed by atoms with Crippen LogP contribution in [0, 0.1) is 0 Å². The molecule has 0 bridgehead atoms. The molecule has 11 nitrogen and oxygen atoms in total. The molecule has 0 aliphatic carbocycles. The number of carbonyl (C=O) groups excluding carboxylic acids is 3. The number of rotatable bonds is 8. The highest BCUT2D eigenvalue weighted by Crippen LogP contribution is 2.49. The Labute approximate surface area is 288 Å². The molecule has 3 aromatic carbocycles. The van der Waals surface area contributed by atoms with E-state index in [4.69, 9.17) is 30.9 Å². The number of anilines is 1. The predicted molar refractivity (Wildman–Crippen MR) is 186 cm³/mol. The van der Waals surface area contributed by atoms with E-state index in [0.717, 1.165) is 16.7 Å². The van der Waals surface area contributed by atoms with Crippen LogP contribution in [0.25, 0.3) is 16.9 Å². The van der Waals surface area contributed by atoms with E-state index in [9.17, 15) is 14.4 Å². The second-order valence-corrected chi connectivity index (χ2v) is 12.9. The zero-order valence-corrected chi connectivity index (χ0v) is 28.7. The molecule has 0 saturated carbocycles. The van der Waals surface area contributed by atoms with Gasteiger partial charge in [0.25, 0.3) is 0 Å². The molecule has 6 rings (SSSR count). The lowest BCUT2D eigenvalue weighted by Crippen LogP contribution is -2.53. The molecule has 13 heteroatoms. The number of halogens is 1. The molecule has 2 aliphatic heterocycles. The molecule has 1 fully saturated rings. The van der Waals surface area contributed by atoms with Gasteiger partial charge in [-0.05, 0) is 54.1 Å². The Bertz CT molecular complexity index is 1820. The Hall–Kier alpha value is -4.68. The van der Waals surface area contributed by atoms with Gasteiger partial charge < -0.3 is 24.0 Å². The summed E-state index contributed by atoms with van der Waals surface area (Å²) < 4.78 is 18.3. The van der Waals surface area contributed by atoms with Crippen molar-refractivity contribution in [1.29, 1.82) is 0 Å². The van der Waals surface area contributed by atoms with Crippen LogP contribution >= 0.6 is 23.4 Å². The largest absolute Gasteiger partial charge is 0.497 e. The minimum Gasteiger partial charge on any atom is -0.497 e. The number of ether oxygens (including phenoxy) is 3. The van der Waals surface area contributed by atoms with Crippen molar-refractivity contribution in [3.8, 4) is 34.2 Å². The molecule has 3 amide bonds. The molecule has 1 saturated heterocycles. The first kappa shape index (κ1) is 33.2. The first-order valence-electron chi connectivity index (χ1n) is 15.4. The van der Waals surface area contributed by atoms with Crippen LogP contribution < -0.4 is 19.1 Å². The van der Waals surface area contributed by atoms with Gasteiger partial charge in [0, 0.05) is 49.3 Å². The molecule has 3 heterocycles. The van der Waals surface area contributed by atoms with E-state index in [1.165, 1.54) is 18.7 Å². The second-order valence-electron chi connectivity index (χ2n) is 11.4. The number of aromatic nitrogens is 2. The smallest absolute Gasteiger partial charge is 0.242 e. The molecule has 48 heavy (non-hydrogen) atoms. The van der Waals surface area contributed by atoms with Crippen molar-refractivity contribution < 1.29 is 28.6 Å². The number of nitrogens with zero attached hydrogens (tertiary/aromatic N) is 5. The van der Waals surface area contributed by atoms with E-state index >= 15 is 0 Å². The van der Waals surface area contributed by atoms with E-state index < -0.39 is 0 Å². The standard InChI is InChI=1S/C35H36ClN5O6S/c1-22(42)38-15-17-39(18-16-38)30(43)20-40-31(44)21-48-34(24-7-14-28(46-3)29(19-24)47-4)32-33(23-5-8-25(36)9-6-23)37-41(35(32)40)26-10-12-27(45-2)13-11-26/h5-14,19,34H,15-18,20-21H2,1-4H3/t34-/m1/s1. The third kappa shape index (κ3) is 6.54. The molecule has 0 spiro atoms. The van der Waals surface area contributed by atoms with Gasteiger partial charge in [-0.25, -0.2) is 4.68 Å². The number of amides is 3. The summed E-state index contributed by atoms with van der Waals surface area (Å²) in [5, 5.41) is 5.35. The predicted octanol–water partition coefficient (Wildman–Crippen LogP) is 5.08. The zero-order chi connectivity index (χ0) is 33.9. The maximum absolute atomic E-state index is 14.2. The van der Waals surface area contributed by atoms with Crippen molar-refractivity contribution in [3.05, 3.63) is 82.9 Å². The fourth-order valence-electron chi connectivity index (χ4n) is 6.03. The van der Waals surface area contributed by atoms with E-state index in [1.807, 2.05) is 54.6 Å². The minimum absolute atomic E-state index is 0.0224. The van der Waals surface area contributed by atoms with E-state index in [-0.39, 0.29) is 35.3 Å². The number of fused-ring (bicyclic) bond motifs is 1. The molecular formula is C35H36ClN5O6S. The van der Waals surface area contributed by atoms with Crippen molar-refractivity contribution >= 4 is 46.9 Å².